The van der Waals surface area contributed by atoms with E-state index in [0.717, 1.165) is 87.1 Å². The van der Waals surface area contributed by atoms with E-state index in [1.54, 1.807) is 0 Å². The van der Waals surface area contributed by atoms with Crippen LogP contribution in [0.1, 0.15) is 66.7 Å². The van der Waals surface area contributed by atoms with Gasteiger partial charge in [0.2, 0.25) is 0 Å². The van der Waals surface area contributed by atoms with E-state index in [1.807, 2.05) is 14.0 Å². The average molecular weight is 506 g/mol. The number of ether oxygens (including phenoxy) is 1. The van der Waals surface area contributed by atoms with Crippen molar-refractivity contribution in [3.05, 3.63) is 34.3 Å². The minimum absolute atomic E-state index is 0.409. The van der Waals surface area contributed by atoms with Gasteiger partial charge in [0.1, 0.15) is 5.82 Å². The third kappa shape index (κ3) is 4.56. The van der Waals surface area contributed by atoms with Crippen LogP contribution in [0.5, 0.6) is 0 Å². The van der Waals surface area contributed by atoms with Gasteiger partial charge in [0.05, 0.1) is 30.2 Å². The molecular weight excluding hydrogens is 462 g/mol. The van der Waals surface area contributed by atoms with Crippen molar-refractivity contribution in [1.29, 1.82) is 5.41 Å². The highest BCUT2D eigenvalue weighted by Gasteiger charge is 2.46. The Balaban J connectivity index is 1.21. The summed E-state index contributed by atoms with van der Waals surface area (Å²) in [7, 11) is 1.88. The number of hydrogen-bond donors (Lipinski definition) is 2. The molecule has 200 valence electrons. The van der Waals surface area contributed by atoms with Crippen LogP contribution in [0.2, 0.25) is 0 Å². The Hall–Kier alpha value is -2.45. The molecule has 2 saturated carbocycles. The van der Waals surface area contributed by atoms with Gasteiger partial charge in [-0.3, -0.25) is 9.58 Å². The van der Waals surface area contributed by atoms with Crippen LogP contribution >= 0.6 is 0 Å². The van der Waals surface area contributed by atoms with E-state index < -0.39 is 0 Å². The number of morpholine rings is 1. The lowest BCUT2D eigenvalue weighted by molar-refractivity contribution is -0.0494. The van der Waals surface area contributed by atoms with E-state index in [0.29, 0.717) is 5.41 Å². The molecule has 2 aromatic heterocycles. The normalized spacial score (nSPS) is 28.1. The van der Waals surface area contributed by atoms with Crippen LogP contribution in [-0.4, -0.2) is 71.8 Å². The van der Waals surface area contributed by atoms with Crippen molar-refractivity contribution >= 4 is 17.7 Å². The predicted octanol–water partition coefficient (Wildman–Crippen LogP) is 4.17. The van der Waals surface area contributed by atoms with Gasteiger partial charge < -0.3 is 20.4 Å². The Bertz CT molecular complexity index is 1150. The SMILES string of the molecule is CNc1nc(C)cc(N2CCc3c(c(C)nn3CC34CCCC(C3)C(N3CCOCC3)CC4)C2)c1C=N. The topological polar surface area (TPSA) is 82.3 Å². The maximum atomic E-state index is 8.04. The van der Waals surface area contributed by atoms with E-state index in [4.69, 9.17) is 15.2 Å². The van der Waals surface area contributed by atoms with E-state index >= 15 is 0 Å². The molecule has 3 fully saturated rings. The van der Waals surface area contributed by atoms with Gasteiger partial charge in [-0.1, -0.05) is 6.42 Å². The average Bonchev–Trinajstić information content (AvgIpc) is 3.22. The zero-order valence-electron chi connectivity index (χ0n) is 22.9. The van der Waals surface area contributed by atoms with Gasteiger partial charge in [-0.25, -0.2) is 4.98 Å². The zero-order valence-corrected chi connectivity index (χ0v) is 22.9. The second kappa shape index (κ2) is 10.0. The summed E-state index contributed by atoms with van der Waals surface area (Å²) in [4.78, 5) is 9.75. The molecule has 1 saturated heterocycles. The lowest BCUT2D eigenvalue weighted by Crippen LogP contribution is -2.53. The number of aromatic nitrogens is 3. The number of aryl methyl sites for hydroxylation is 2. The minimum Gasteiger partial charge on any atom is -0.379 e. The summed E-state index contributed by atoms with van der Waals surface area (Å²) in [6, 6.07) is 2.88. The van der Waals surface area contributed by atoms with Crippen LogP contribution in [0.25, 0.3) is 0 Å². The second-order valence-corrected chi connectivity index (χ2v) is 11.9. The highest BCUT2D eigenvalue weighted by Crippen LogP contribution is 2.51. The maximum absolute atomic E-state index is 8.04. The summed E-state index contributed by atoms with van der Waals surface area (Å²) in [5.74, 6) is 1.61. The fourth-order valence-electron chi connectivity index (χ4n) is 7.93. The van der Waals surface area contributed by atoms with Crippen molar-refractivity contribution in [2.75, 3.05) is 50.1 Å². The Kier molecular flexibility index (Phi) is 6.74. The fourth-order valence-corrected chi connectivity index (χ4v) is 7.93. The molecule has 8 nitrogen and oxygen atoms in total. The highest BCUT2D eigenvalue weighted by molar-refractivity contribution is 5.92. The van der Waals surface area contributed by atoms with Crippen LogP contribution < -0.4 is 10.2 Å². The summed E-state index contributed by atoms with van der Waals surface area (Å²) >= 11 is 0. The standard InChI is InChI=1S/C29H43N7O/c1-20-15-27(23(17-30)28(31-3)32-20)35-10-7-26-24(18-35)21(2)33-36(26)19-29-8-4-5-22(16-29)25(6-9-29)34-11-13-37-14-12-34/h15,17,22,25,30H,4-14,16,18-19H2,1-3H3,(H,31,32). The molecule has 0 amide bonds. The lowest BCUT2D eigenvalue weighted by atomic mass is 9.60. The molecule has 2 bridgehead atoms. The lowest BCUT2D eigenvalue weighted by Gasteiger charge is -2.52. The molecule has 6 rings (SSSR count). The molecule has 0 aromatic carbocycles. The van der Waals surface area contributed by atoms with Crippen molar-refractivity contribution in [1.82, 2.24) is 19.7 Å². The van der Waals surface area contributed by atoms with Crippen LogP contribution in [0.4, 0.5) is 11.5 Å². The first-order chi connectivity index (χ1) is 18.0. The zero-order chi connectivity index (χ0) is 25.6. The van der Waals surface area contributed by atoms with Gasteiger partial charge in [0, 0.05) is 75.4 Å². The van der Waals surface area contributed by atoms with Crippen LogP contribution in [0.3, 0.4) is 0 Å². The highest BCUT2D eigenvalue weighted by atomic mass is 16.5. The van der Waals surface area contributed by atoms with Crippen molar-refractivity contribution in [2.24, 2.45) is 11.3 Å². The molecule has 0 radical (unpaired) electrons. The Morgan fingerprint density at radius 2 is 2.03 bits per heavy atom. The first-order valence-corrected chi connectivity index (χ1v) is 14.3. The summed E-state index contributed by atoms with van der Waals surface area (Å²) in [5, 5.41) is 16.4. The molecule has 8 heteroatoms. The monoisotopic (exact) mass is 505 g/mol. The first kappa shape index (κ1) is 24.9. The summed E-state index contributed by atoms with van der Waals surface area (Å²) in [6.07, 6.45) is 10.6. The molecule has 4 heterocycles. The Morgan fingerprint density at radius 3 is 2.81 bits per heavy atom. The molecule has 2 aromatic rings. The van der Waals surface area contributed by atoms with Crippen molar-refractivity contribution < 1.29 is 4.74 Å². The first-order valence-electron chi connectivity index (χ1n) is 14.3. The number of rotatable bonds is 6. The molecule has 2 aliphatic heterocycles. The fraction of sp³-hybridized carbons (Fsp3) is 0.690. The Morgan fingerprint density at radius 1 is 1.19 bits per heavy atom. The van der Waals surface area contributed by atoms with Crippen molar-refractivity contribution in [3.63, 3.8) is 0 Å². The largest absolute Gasteiger partial charge is 0.379 e. The number of nitrogens with one attached hydrogen (secondary N) is 2. The molecule has 0 spiro atoms. The van der Waals surface area contributed by atoms with E-state index in [1.165, 1.54) is 61.7 Å². The number of hydrogen-bond acceptors (Lipinski definition) is 7. The van der Waals surface area contributed by atoms with Gasteiger partial charge in [0.25, 0.3) is 0 Å². The number of nitrogens with zero attached hydrogens (tertiary/aromatic N) is 5. The maximum Gasteiger partial charge on any atom is 0.136 e. The molecule has 3 unspecified atom stereocenters. The summed E-state index contributed by atoms with van der Waals surface area (Å²) in [6.45, 7) is 11.1. The molecule has 37 heavy (non-hydrogen) atoms. The second-order valence-electron chi connectivity index (χ2n) is 11.9. The van der Waals surface area contributed by atoms with Crippen molar-refractivity contribution in [3.8, 4) is 0 Å². The number of anilines is 2. The van der Waals surface area contributed by atoms with Crippen LogP contribution in [0.15, 0.2) is 6.07 Å². The quantitative estimate of drug-likeness (QED) is 0.574. The number of pyridine rings is 1. The van der Waals surface area contributed by atoms with Crippen molar-refractivity contribution in [2.45, 2.75) is 77.9 Å². The Labute approximate surface area is 221 Å². The van der Waals surface area contributed by atoms with E-state index in [2.05, 4.69) is 37.8 Å². The van der Waals surface area contributed by atoms with Gasteiger partial charge >= 0.3 is 0 Å². The summed E-state index contributed by atoms with van der Waals surface area (Å²) in [5.41, 5.74) is 7.34. The van der Waals surface area contributed by atoms with Gasteiger partial charge in [-0.15, -0.1) is 0 Å². The van der Waals surface area contributed by atoms with Gasteiger partial charge in [-0.05, 0) is 63.4 Å². The minimum atomic E-state index is 0.409. The van der Waals surface area contributed by atoms with Crippen LogP contribution in [-0.2, 0) is 24.2 Å². The third-order valence-electron chi connectivity index (χ3n) is 9.71. The van der Waals surface area contributed by atoms with E-state index in [9.17, 15) is 0 Å². The van der Waals surface area contributed by atoms with Gasteiger partial charge in [0.15, 0.2) is 0 Å². The molecule has 2 N–H and O–H groups in total. The molecule has 2 aliphatic carbocycles. The predicted molar refractivity (Wildman–Crippen MR) is 148 cm³/mol. The smallest absolute Gasteiger partial charge is 0.136 e. The van der Waals surface area contributed by atoms with E-state index in [-0.39, 0.29) is 0 Å². The molecule has 3 atom stereocenters. The number of fused-ring (bicyclic) bond motifs is 3. The van der Waals surface area contributed by atoms with Crippen LogP contribution in [0, 0.1) is 30.6 Å². The molecule has 4 aliphatic rings. The summed E-state index contributed by atoms with van der Waals surface area (Å²) < 4.78 is 8.05. The van der Waals surface area contributed by atoms with Gasteiger partial charge in [-0.2, -0.15) is 5.10 Å². The molecular formula is C29H43N7O. The third-order valence-corrected chi connectivity index (χ3v) is 9.71.